The number of nitrogens with one attached hydrogen (secondary N) is 1. The highest BCUT2D eigenvalue weighted by Crippen LogP contribution is 2.35. The van der Waals surface area contributed by atoms with Crippen LogP contribution in [-0.4, -0.2) is 14.3 Å². The second kappa shape index (κ2) is 7.33. The van der Waals surface area contributed by atoms with Gasteiger partial charge in [0.2, 0.25) is 14.9 Å². The Hall–Kier alpha value is -2.78. The van der Waals surface area contributed by atoms with Gasteiger partial charge in [-0.1, -0.05) is 23.7 Å². The van der Waals surface area contributed by atoms with E-state index in [4.69, 9.17) is 16.0 Å². The molecule has 5 nitrogen and oxygen atoms in total. The number of benzene rings is 2. The number of carbonyl (C=O) groups excluding carboxylic acids is 1. The first-order valence-corrected chi connectivity index (χ1v) is 9.53. The number of hydrogen-bond acceptors (Lipinski definition) is 4. The molecule has 2 aromatic carbocycles. The predicted molar refractivity (Wildman–Crippen MR) is 95.0 cm³/mol. The summed E-state index contributed by atoms with van der Waals surface area (Å²) in [6.07, 6.45) is -4.67. The first-order valence-electron chi connectivity index (χ1n) is 7.67. The molecule has 1 aromatic heterocycles. The number of rotatable bonds is 4. The lowest BCUT2D eigenvalue weighted by Gasteiger charge is -2.12. The van der Waals surface area contributed by atoms with Crippen LogP contribution in [0.3, 0.4) is 0 Å². The zero-order chi connectivity index (χ0) is 20.5. The van der Waals surface area contributed by atoms with E-state index in [9.17, 15) is 26.4 Å². The van der Waals surface area contributed by atoms with Crippen LogP contribution in [-0.2, 0) is 16.0 Å². The molecule has 0 saturated heterocycles. The van der Waals surface area contributed by atoms with Gasteiger partial charge < -0.3 is 9.73 Å². The number of para-hydroxylation sites is 1. The molecule has 3 aromatic rings. The molecule has 0 radical (unpaired) electrons. The van der Waals surface area contributed by atoms with Crippen molar-refractivity contribution in [1.82, 2.24) is 0 Å². The van der Waals surface area contributed by atoms with Gasteiger partial charge in [-0.25, -0.2) is 8.42 Å². The number of hydrogen-bond donors (Lipinski definition) is 1. The van der Waals surface area contributed by atoms with Crippen molar-refractivity contribution in [2.24, 2.45) is 0 Å². The van der Waals surface area contributed by atoms with Crippen LogP contribution in [0.2, 0.25) is 5.02 Å². The van der Waals surface area contributed by atoms with E-state index in [2.05, 4.69) is 5.32 Å². The number of carbonyl (C=O) groups is 1. The van der Waals surface area contributed by atoms with Crippen molar-refractivity contribution in [2.45, 2.75) is 16.2 Å². The molecule has 1 heterocycles. The fraction of sp³-hybridized carbons (Fsp3) is 0.0556. The van der Waals surface area contributed by atoms with Crippen molar-refractivity contribution >= 4 is 33.0 Å². The molecule has 0 fully saturated rings. The van der Waals surface area contributed by atoms with E-state index < -0.39 is 44.0 Å². The van der Waals surface area contributed by atoms with Gasteiger partial charge >= 0.3 is 6.18 Å². The van der Waals surface area contributed by atoms with Crippen molar-refractivity contribution in [1.29, 1.82) is 0 Å². The van der Waals surface area contributed by atoms with E-state index in [-0.39, 0.29) is 4.90 Å². The van der Waals surface area contributed by atoms with Gasteiger partial charge in [0.25, 0.3) is 5.91 Å². The maximum atomic E-state index is 13.0. The molecular weight excluding hydrogens is 419 g/mol. The van der Waals surface area contributed by atoms with Crippen molar-refractivity contribution in [3.05, 3.63) is 77.0 Å². The molecule has 0 bridgehead atoms. The van der Waals surface area contributed by atoms with E-state index in [0.717, 1.165) is 24.3 Å². The normalized spacial score (nSPS) is 12.0. The summed E-state index contributed by atoms with van der Waals surface area (Å²) in [6, 6.07) is 11.8. The molecule has 1 amide bonds. The Morgan fingerprint density at radius 1 is 0.964 bits per heavy atom. The summed E-state index contributed by atoms with van der Waals surface area (Å²) in [5, 5.41) is 1.89. The monoisotopic (exact) mass is 429 g/mol. The zero-order valence-corrected chi connectivity index (χ0v) is 15.4. The van der Waals surface area contributed by atoms with Gasteiger partial charge in [0, 0.05) is 5.02 Å². The van der Waals surface area contributed by atoms with E-state index >= 15 is 0 Å². The SMILES string of the molecule is O=C(Nc1ccccc1C(F)(F)F)c1ccc(S(=O)(=O)c2ccc(Cl)cc2)o1. The maximum absolute atomic E-state index is 13.0. The summed E-state index contributed by atoms with van der Waals surface area (Å²) in [7, 11) is -4.06. The molecule has 0 unspecified atom stereocenters. The topological polar surface area (TPSA) is 76.4 Å². The van der Waals surface area contributed by atoms with Crippen LogP contribution >= 0.6 is 11.6 Å². The quantitative estimate of drug-likeness (QED) is 0.630. The molecule has 0 aliphatic heterocycles. The van der Waals surface area contributed by atoms with Crippen LogP contribution < -0.4 is 5.32 Å². The van der Waals surface area contributed by atoms with E-state index in [1.807, 2.05) is 0 Å². The summed E-state index contributed by atoms with van der Waals surface area (Å²) in [5.41, 5.74) is -1.51. The Kier molecular flexibility index (Phi) is 5.22. The molecule has 1 N–H and O–H groups in total. The first-order chi connectivity index (χ1) is 13.1. The third kappa shape index (κ3) is 4.05. The fourth-order valence-corrected chi connectivity index (χ4v) is 3.64. The number of sulfone groups is 1. The van der Waals surface area contributed by atoms with Crippen LogP contribution in [0.25, 0.3) is 0 Å². The minimum Gasteiger partial charge on any atom is -0.439 e. The van der Waals surface area contributed by atoms with E-state index in [1.54, 1.807) is 0 Å². The number of alkyl halides is 3. The largest absolute Gasteiger partial charge is 0.439 e. The Bertz CT molecular complexity index is 1120. The molecule has 0 saturated carbocycles. The Balaban J connectivity index is 1.87. The summed E-state index contributed by atoms with van der Waals surface area (Å²) >= 11 is 5.72. The summed E-state index contributed by atoms with van der Waals surface area (Å²) in [5.74, 6) is -1.47. The lowest BCUT2D eigenvalue weighted by atomic mass is 10.1. The third-order valence-electron chi connectivity index (χ3n) is 3.67. The minimum absolute atomic E-state index is 0.111. The highest BCUT2D eigenvalue weighted by molar-refractivity contribution is 7.91. The number of halogens is 4. The van der Waals surface area contributed by atoms with Crippen molar-refractivity contribution in [3.63, 3.8) is 0 Å². The Morgan fingerprint density at radius 2 is 1.61 bits per heavy atom. The average Bonchev–Trinajstić information content (AvgIpc) is 3.13. The zero-order valence-electron chi connectivity index (χ0n) is 13.8. The van der Waals surface area contributed by atoms with Gasteiger partial charge in [-0.15, -0.1) is 0 Å². The van der Waals surface area contributed by atoms with Crippen molar-refractivity contribution in [3.8, 4) is 0 Å². The Labute approximate surface area is 162 Å². The molecule has 28 heavy (non-hydrogen) atoms. The summed E-state index contributed by atoms with van der Waals surface area (Å²) < 4.78 is 69.1. The standard InChI is InChI=1S/C18H11ClF3NO4S/c19-11-5-7-12(8-6-11)28(25,26)16-10-9-15(27-16)17(24)23-14-4-2-1-3-13(14)18(20,21)22/h1-10H,(H,23,24). The molecule has 146 valence electrons. The molecule has 0 aliphatic rings. The lowest BCUT2D eigenvalue weighted by Crippen LogP contribution is -2.16. The van der Waals surface area contributed by atoms with Gasteiger partial charge in [0.1, 0.15) is 0 Å². The highest BCUT2D eigenvalue weighted by Gasteiger charge is 2.34. The molecule has 0 atom stereocenters. The van der Waals surface area contributed by atoms with Crippen molar-refractivity contribution in [2.75, 3.05) is 5.32 Å². The molecule has 0 spiro atoms. The van der Waals surface area contributed by atoms with Crippen LogP contribution in [0.5, 0.6) is 0 Å². The highest BCUT2D eigenvalue weighted by atomic mass is 35.5. The number of anilines is 1. The van der Waals surface area contributed by atoms with Crippen molar-refractivity contribution < 1.29 is 30.8 Å². The maximum Gasteiger partial charge on any atom is 0.418 e. The van der Waals surface area contributed by atoms with Crippen LogP contribution in [0.4, 0.5) is 18.9 Å². The van der Waals surface area contributed by atoms with E-state index in [0.29, 0.717) is 5.02 Å². The average molecular weight is 430 g/mol. The minimum atomic E-state index is -4.67. The molecule has 3 rings (SSSR count). The molecule has 0 aliphatic carbocycles. The van der Waals surface area contributed by atoms with Crippen LogP contribution in [0, 0.1) is 0 Å². The van der Waals surface area contributed by atoms with E-state index in [1.165, 1.54) is 36.4 Å². The van der Waals surface area contributed by atoms with Gasteiger partial charge in [-0.05, 0) is 48.5 Å². The predicted octanol–water partition coefficient (Wildman–Crippen LogP) is 5.04. The number of amides is 1. The number of furan rings is 1. The Morgan fingerprint density at radius 3 is 2.25 bits per heavy atom. The second-order valence-corrected chi connectivity index (χ2v) is 7.89. The first kappa shape index (κ1) is 20.0. The molecular formula is C18H11ClF3NO4S. The third-order valence-corrected chi connectivity index (χ3v) is 5.57. The second-order valence-electron chi connectivity index (χ2n) is 5.57. The fourth-order valence-electron chi connectivity index (χ4n) is 2.34. The summed E-state index contributed by atoms with van der Waals surface area (Å²) in [6.45, 7) is 0. The van der Waals surface area contributed by atoms with Crippen LogP contribution in [0.1, 0.15) is 16.1 Å². The molecule has 10 heteroatoms. The summed E-state index contributed by atoms with van der Waals surface area (Å²) in [4.78, 5) is 12.1. The van der Waals surface area contributed by atoms with Gasteiger partial charge in [-0.2, -0.15) is 13.2 Å². The van der Waals surface area contributed by atoms with Gasteiger partial charge in [-0.3, -0.25) is 4.79 Å². The van der Waals surface area contributed by atoms with Gasteiger partial charge in [0.05, 0.1) is 16.1 Å². The lowest BCUT2D eigenvalue weighted by molar-refractivity contribution is -0.136. The smallest absolute Gasteiger partial charge is 0.418 e. The van der Waals surface area contributed by atoms with Gasteiger partial charge in [0.15, 0.2) is 5.76 Å². The van der Waals surface area contributed by atoms with Crippen LogP contribution in [0.15, 0.2) is 75.1 Å².